The highest BCUT2D eigenvalue weighted by molar-refractivity contribution is 5.81. The number of nitrogens with one attached hydrogen (secondary N) is 1. The van der Waals surface area contributed by atoms with Crippen molar-refractivity contribution >= 4 is 5.97 Å². The average Bonchev–Trinajstić information content (AvgIpc) is 2.01. The largest absolute Gasteiger partial charge is 0.457 e. The van der Waals surface area contributed by atoms with Crippen molar-refractivity contribution in [3.05, 3.63) is 12.7 Å². The normalized spacial score (nSPS) is 13.5. The fourth-order valence-electron chi connectivity index (χ4n) is 0.898. The van der Waals surface area contributed by atoms with Crippen LogP contribution < -0.4 is 5.32 Å². The van der Waals surface area contributed by atoms with E-state index in [-0.39, 0.29) is 17.5 Å². The highest BCUT2D eigenvalue weighted by atomic mass is 16.5. The second-order valence-corrected chi connectivity index (χ2v) is 4.05. The number of likely N-dealkylation sites (N-methyl/N-ethyl adjacent to an activating group) is 1. The number of carbonyl (C=O) groups is 1. The molecule has 1 N–H and O–H groups in total. The van der Waals surface area contributed by atoms with Crippen LogP contribution in [-0.4, -0.2) is 25.7 Å². The van der Waals surface area contributed by atoms with E-state index in [0.717, 1.165) is 0 Å². The van der Waals surface area contributed by atoms with E-state index in [1.54, 1.807) is 0 Å². The second kappa shape index (κ2) is 5.02. The summed E-state index contributed by atoms with van der Waals surface area (Å²) in [4.78, 5) is 11.0. The Balaban J connectivity index is 4.26. The highest BCUT2D eigenvalue weighted by Crippen LogP contribution is 2.21. The van der Waals surface area contributed by atoms with Gasteiger partial charge in [-0.25, -0.2) is 4.79 Å². The third kappa shape index (κ3) is 4.68. The molecule has 0 aromatic heterocycles. The van der Waals surface area contributed by atoms with Gasteiger partial charge in [0.2, 0.25) is 0 Å². The lowest BCUT2D eigenvalue weighted by atomic mass is 9.89. The maximum Gasteiger partial charge on any atom is 0.330 e. The Morgan fingerprint density at radius 2 is 2.15 bits per heavy atom. The van der Waals surface area contributed by atoms with Gasteiger partial charge < -0.3 is 10.1 Å². The second-order valence-electron chi connectivity index (χ2n) is 4.05. The Morgan fingerprint density at radius 3 is 2.46 bits per heavy atom. The molecule has 1 unspecified atom stereocenters. The predicted molar refractivity (Wildman–Crippen MR) is 53.5 cm³/mol. The number of hydrogen-bond donors (Lipinski definition) is 1. The summed E-state index contributed by atoms with van der Waals surface area (Å²) in [5.74, 6) is -0.366. The Kier molecular flexibility index (Phi) is 4.70. The zero-order chi connectivity index (χ0) is 10.5. The SMILES string of the molecule is C=CC(=O)OC(CNC)C(C)(C)C. The van der Waals surface area contributed by atoms with Crippen molar-refractivity contribution in [2.24, 2.45) is 5.41 Å². The molecule has 0 aliphatic rings. The van der Waals surface area contributed by atoms with Crippen molar-refractivity contribution in [1.29, 1.82) is 0 Å². The lowest BCUT2D eigenvalue weighted by molar-refractivity contribution is -0.148. The van der Waals surface area contributed by atoms with Crippen LogP contribution in [0.5, 0.6) is 0 Å². The molecular formula is C10H19NO2. The Labute approximate surface area is 80.2 Å². The van der Waals surface area contributed by atoms with Gasteiger partial charge in [0.1, 0.15) is 6.10 Å². The third-order valence-electron chi connectivity index (χ3n) is 1.78. The molecule has 76 valence electrons. The van der Waals surface area contributed by atoms with Gasteiger partial charge in [-0.2, -0.15) is 0 Å². The van der Waals surface area contributed by atoms with Crippen LogP contribution in [-0.2, 0) is 9.53 Å². The molecule has 3 nitrogen and oxygen atoms in total. The van der Waals surface area contributed by atoms with Gasteiger partial charge >= 0.3 is 5.97 Å². The summed E-state index contributed by atoms with van der Waals surface area (Å²) in [6.07, 6.45) is 1.07. The van der Waals surface area contributed by atoms with Crippen molar-refractivity contribution in [2.45, 2.75) is 26.9 Å². The lowest BCUT2D eigenvalue weighted by Gasteiger charge is -2.29. The molecule has 0 spiro atoms. The van der Waals surface area contributed by atoms with E-state index in [4.69, 9.17) is 4.74 Å². The molecule has 13 heavy (non-hydrogen) atoms. The molecule has 0 rings (SSSR count). The van der Waals surface area contributed by atoms with Crippen molar-refractivity contribution in [3.63, 3.8) is 0 Å². The summed E-state index contributed by atoms with van der Waals surface area (Å²) in [5, 5.41) is 2.99. The van der Waals surface area contributed by atoms with Gasteiger partial charge in [-0.05, 0) is 7.05 Å². The summed E-state index contributed by atoms with van der Waals surface area (Å²) in [6, 6.07) is 0. The van der Waals surface area contributed by atoms with Crippen molar-refractivity contribution in [1.82, 2.24) is 5.32 Å². The smallest absolute Gasteiger partial charge is 0.330 e. The Bertz CT molecular complexity index is 182. The van der Waals surface area contributed by atoms with Crippen LogP contribution >= 0.6 is 0 Å². The number of hydrogen-bond acceptors (Lipinski definition) is 3. The Morgan fingerprint density at radius 1 is 1.62 bits per heavy atom. The van der Waals surface area contributed by atoms with E-state index in [1.807, 2.05) is 27.8 Å². The van der Waals surface area contributed by atoms with Crippen LogP contribution in [0.2, 0.25) is 0 Å². The number of rotatable bonds is 4. The minimum Gasteiger partial charge on any atom is -0.457 e. The summed E-state index contributed by atoms with van der Waals surface area (Å²) in [5.41, 5.74) is -0.0539. The van der Waals surface area contributed by atoms with Crippen molar-refractivity contribution in [3.8, 4) is 0 Å². The molecule has 0 bridgehead atoms. The maximum atomic E-state index is 11.0. The first-order chi connectivity index (χ1) is 5.91. The zero-order valence-electron chi connectivity index (χ0n) is 8.89. The molecule has 0 aliphatic heterocycles. The average molecular weight is 185 g/mol. The minimum absolute atomic E-state index is 0.0539. The van der Waals surface area contributed by atoms with E-state index in [2.05, 4.69) is 11.9 Å². The molecule has 0 heterocycles. The third-order valence-corrected chi connectivity index (χ3v) is 1.78. The summed E-state index contributed by atoms with van der Waals surface area (Å²) >= 11 is 0. The molecule has 0 aliphatic carbocycles. The number of esters is 1. The first kappa shape index (κ1) is 12.2. The summed E-state index contributed by atoms with van der Waals surface area (Å²) in [6.45, 7) is 10.1. The number of ether oxygens (including phenoxy) is 1. The van der Waals surface area contributed by atoms with Crippen LogP contribution in [0, 0.1) is 5.41 Å². The number of carbonyl (C=O) groups excluding carboxylic acids is 1. The van der Waals surface area contributed by atoms with Crippen LogP contribution in [0.15, 0.2) is 12.7 Å². The molecule has 0 saturated heterocycles. The zero-order valence-corrected chi connectivity index (χ0v) is 8.89. The standard InChI is InChI=1S/C10H19NO2/c1-6-9(12)13-8(7-11-5)10(2,3)4/h6,8,11H,1,7H2,2-5H3. The van der Waals surface area contributed by atoms with E-state index < -0.39 is 0 Å². The van der Waals surface area contributed by atoms with Gasteiger partial charge in [0.25, 0.3) is 0 Å². The molecule has 0 amide bonds. The minimum atomic E-state index is -0.366. The van der Waals surface area contributed by atoms with Gasteiger partial charge in [0.15, 0.2) is 0 Å². The first-order valence-corrected chi connectivity index (χ1v) is 4.39. The van der Waals surface area contributed by atoms with Gasteiger partial charge in [-0.15, -0.1) is 0 Å². The van der Waals surface area contributed by atoms with Gasteiger partial charge in [0.05, 0.1) is 0 Å². The molecule has 0 aromatic rings. The fourth-order valence-corrected chi connectivity index (χ4v) is 0.898. The van der Waals surface area contributed by atoms with Crippen molar-refractivity contribution < 1.29 is 9.53 Å². The van der Waals surface area contributed by atoms with Crippen LogP contribution in [0.4, 0.5) is 0 Å². The fraction of sp³-hybridized carbons (Fsp3) is 0.700. The topological polar surface area (TPSA) is 38.3 Å². The quantitative estimate of drug-likeness (QED) is 0.530. The van der Waals surface area contributed by atoms with Crippen molar-refractivity contribution in [2.75, 3.05) is 13.6 Å². The van der Waals surface area contributed by atoms with E-state index in [1.165, 1.54) is 6.08 Å². The molecule has 1 atom stereocenters. The first-order valence-electron chi connectivity index (χ1n) is 4.39. The Hall–Kier alpha value is -0.830. The maximum absolute atomic E-state index is 11.0. The monoisotopic (exact) mass is 185 g/mol. The van der Waals surface area contributed by atoms with E-state index >= 15 is 0 Å². The molecule has 0 aromatic carbocycles. The molecule has 0 radical (unpaired) electrons. The van der Waals surface area contributed by atoms with Crippen LogP contribution in [0.3, 0.4) is 0 Å². The highest BCUT2D eigenvalue weighted by Gasteiger charge is 2.26. The molecular weight excluding hydrogens is 166 g/mol. The molecule has 0 fully saturated rings. The van der Waals surface area contributed by atoms with Gasteiger partial charge in [-0.3, -0.25) is 0 Å². The van der Waals surface area contributed by atoms with Crippen LogP contribution in [0.25, 0.3) is 0 Å². The van der Waals surface area contributed by atoms with Gasteiger partial charge in [-0.1, -0.05) is 27.4 Å². The van der Waals surface area contributed by atoms with E-state index in [0.29, 0.717) is 6.54 Å². The summed E-state index contributed by atoms with van der Waals surface area (Å²) < 4.78 is 5.18. The van der Waals surface area contributed by atoms with Crippen LogP contribution in [0.1, 0.15) is 20.8 Å². The van der Waals surface area contributed by atoms with Gasteiger partial charge in [0, 0.05) is 18.0 Å². The molecule has 3 heteroatoms. The predicted octanol–water partition coefficient (Wildman–Crippen LogP) is 1.35. The van der Waals surface area contributed by atoms with E-state index in [9.17, 15) is 4.79 Å². The lowest BCUT2D eigenvalue weighted by Crippen LogP contribution is -2.38. The molecule has 0 saturated carbocycles. The summed E-state index contributed by atoms with van der Waals surface area (Å²) in [7, 11) is 1.83.